The summed E-state index contributed by atoms with van der Waals surface area (Å²) in [6.07, 6.45) is 0. The second kappa shape index (κ2) is 4.53. The highest BCUT2D eigenvalue weighted by atomic mass is 35.5. The van der Waals surface area contributed by atoms with Gasteiger partial charge in [0.25, 0.3) is 0 Å². The van der Waals surface area contributed by atoms with E-state index >= 15 is 0 Å². The summed E-state index contributed by atoms with van der Waals surface area (Å²) in [7, 11) is 0. The second-order valence-electron chi connectivity index (χ2n) is 4.22. The van der Waals surface area contributed by atoms with Crippen molar-refractivity contribution in [3.8, 4) is 0 Å². The molecule has 0 spiro atoms. The van der Waals surface area contributed by atoms with Crippen LogP contribution in [0.4, 0.5) is 5.69 Å². The van der Waals surface area contributed by atoms with E-state index in [1.165, 1.54) is 0 Å². The summed E-state index contributed by atoms with van der Waals surface area (Å²) in [5, 5.41) is 0.513. The molecule has 0 aliphatic carbocycles. The summed E-state index contributed by atoms with van der Waals surface area (Å²) < 4.78 is 0. The van der Waals surface area contributed by atoms with Crippen molar-refractivity contribution in [1.29, 1.82) is 0 Å². The molecule has 0 aromatic heterocycles. The van der Waals surface area contributed by atoms with Gasteiger partial charge in [-0.3, -0.25) is 0 Å². The van der Waals surface area contributed by atoms with Crippen LogP contribution in [0.15, 0.2) is 24.3 Å². The minimum absolute atomic E-state index is 0.331. The van der Waals surface area contributed by atoms with Crippen LogP contribution in [0.5, 0.6) is 0 Å². The van der Waals surface area contributed by atoms with Crippen LogP contribution in [0, 0.1) is 5.41 Å². The standard InChI is InChI=1S/C11H14ClNO2/c1-11(2,3)10(14)15-13-9-7-5-4-6-8(9)12/h4-7,13H,1-3H3. The molecule has 0 heterocycles. The lowest BCUT2D eigenvalue weighted by atomic mass is 9.98. The molecule has 0 aliphatic rings. The quantitative estimate of drug-likeness (QED) is 0.789. The van der Waals surface area contributed by atoms with Gasteiger partial charge in [0.05, 0.1) is 16.1 Å². The largest absolute Gasteiger partial charge is 0.343 e. The van der Waals surface area contributed by atoms with E-state index in [-0.39, 0.29) is 5.97 Å². The lowest BCUT2D eigenvalue weighted by Crippen LogP contribution is -2.25. The van der Waals surface area contributed by atoms with E-state index in [0.29, 0.717) is 10.7 Å². The van der Waals surface area contributed by atoms with Crippen LogP contribution >= 0.6 is 11.6 Å². The van der Waals surface area contributed by atoms with Crippen molar-refractivity contribution in [1.82, 2.24) is 0 Å². The van der Waals surface area contributed by atoms with Crippen LogP contribution in [-0.4, -0.2) is 5.97 Å². The Labute approximate surface area is 94.3 Å². The second-order valence-corrected chi connectivity index (χ2v) is 4.63. The van der Waals surface area contributed by atoms with Crippen molar-refractivity contribution < 1.29 is 9.63 Å². The Balaban J connectivity index is 2.59. The number of nitrogens with one attached hydrogen (secondary N) is 1. The van der Waals surface area contributed by atoms with Gasteiger partial charge in [-0.1, -0.05) is 23.7 Å². The first-order valence-corrected chi connectivity index (χ1v) is 5.01. The molecule has 3 nitrogen and oxygen atoms in total. The summed E-state index contributed by atoms with van der Waals surface area (Å²) in [5.41, 5.74) is 2.58. The predicted octanol–water partition coefficient (Wildman–Crippen LogP) is 3.26. The molecule has 82 valence electrons. The first-order valence-electron chi connectivity index (χ1n) is 4.63. The minimum Gasteiger partial charge on any atom is -0.343 e. The molecule has 0 atom stereocenters. The Hall–Kier alpha value is -1.22. The van der Waals surface area contributed by atoms with E-state index in [9.17, 15) is 4.79 Å². The lowest BCUT2D eigenvalue weighted by molar-refractivity contribution is -0.149. The summed E-state index contributed by atoms with van der Waals surface area (Å²) in [6.45, 7) is 5.34. The van der Waals surface area contributed by atoms with Gasteiger partial charge in [0.2, 0.25) is 0 Å². The van der Waals surface area contributed by atoms with Gasteiger partial charge in [0.15, 0.2) is 0 Å². The fraction of sp³-hybridized carbons (Fsp3) is 0.364. The zero-order valence-electron chi connectivity index (χ0n) is 9.00. The Kier molecular flexibility index (Phi) is 3.58. The topological polar surface area (TPSA) is 38.3 Å². The van der Waals surface area contributed by atoms with Crippen molar-refractivity contribution in [3.05, 3.63) is 29.3 Å². The van der Waals surface area contributed by atoms with Crippen LogP contribution in [-0.2, 0) is 9.63 Å². The van der Waals surface area contributed by atoms with E-state index in [2.05, 4.69) is 5.48 Å². The molecule has 0 saturated heterocycles. The van der Waals surface area contributed by atoms with Gasteiger partial charge in [-0.15, -0.1) is 0 Å². The molecule has 0 unspecified atom stereocenters. The Morgan fingerprint density at radius 3 is 2.47 bits per heavy atom. The lowest BCUT2D eigenvalue weighted by Gasteiger charge is -2.16. The van der Waals surface area contributed by atoms with Gasteiger partial charge in [-0.25, -0.2) is 10.3 Å². The Bertz CT molecular complexity index is 358. The highest BCUT2D eigenvalue weighted by Gasteiger charge is 2.23. The molecular formula is C11H14ClNO2. The molecule has 0 fully saturated rings. The molecule has 0 radical (unpaired) electrons. The summed E-state index contributed by atoms with van der Waals surface area (Å²) in [4.78, 5) is 16.3. The van der Waals surface area contributed by atoms with Gasteiger partial charge >= 0.3 is 5.97 Å². The molecule has 0 amide bonds. The Morgan fingerprint density at radius 1 is 1.33 bits per heavy atom. The summed E-state index contributed by atoms with van der Waals surface area (Å²) in [5.74, 6) is -0.331. The number of hydrogen-bond donors (Lipinski definition) is 1. The van der Waals surface area contributed by atoms with Crippen molar-refractivity contribution >= 4 is 23.3 Å². The molecule has 0 bridgehead atoms. The SMILES string of the molecule is CC(C)(C)C(=O)ONc1ccccc1Cl. The average Bonchev–Trinajstić information content (AvgIpc) is 2.14. The van der Waals surface area contributed by atoms with Crippen LogP contribution in [0.2, 0.25) is 5.02 Å². The monoisotopic (exact) mass is 227 g/mol. The van der Waals surface area contributed by atoms with Crippen LogP contribution in [0.1, 0.15) is 20.8 Å². The molecule has 1 aromatic rings. The zero-order valence-corrected chi connectivity index (χ0v) is 9.76. The summed E-state index contributed by atoms with van der Waals surface area (Å²) in [6, 6.07) is 7.06. The normalized spacial score (nSPS) is 10.9. The smallest absolute Gasteiger partial charge is 0.337 e. The van der Waals surface area contributed by atoms with Crippen molar-refractivity contribution in [2.75, 3.05) is 5.48 Å². The number of halogens is 1. The maximum atomic E-state index is 11.4. The number of carbonyl (C=O) groups excluding carboxylic acids is 1. The van der Waals surface area contributed by atoms with Crippen LogP contribution in [0.25, 0.3) is 0 Å². The maximum absolute atomic E-state index is 11.4. The zero-order chi connectivity index (χ0) is 11.5. The fourth-order valence-electron chi connectivity index (χ4n) is 0.798. The van der Waals surface area contributed by atoms with Gasteiger partial charge in [-0.2, -0.15) is 0 Å². The average molecular weight is 228 g/mol. The van der Waals surface area contributed by atoms with E-state index in [0.717, 1.165) is 0 Å². The van der Waals surface area contributed by atoms with Crippen LogP contribution < -0.4 is 5.48 Å². The Morgan fingerprint density at radius 2 is 1.93 bits per heavy atom. The van der Waals surface area contributed by atoms with E-state index < -0.39 is 5.41 Å². The first-order chi connectivity index (χ1) is 6.91. The van der Waals surface area contributed by atoms with E-state index in [1.807, 2.05) is 0 Å². The number of para-hydroxylation sites is 1. The van der Waals surface area contributed by atoms with Crippen molar-refractivity contribution in [3.63, 3.8) is 0 Å². The number of carbonyl (C=O) groups is 1. The van der Waals surface area contributed by atoms with Gasteiger partial charge in [0.1, 0.15) is 0 Å². The van der Waals surface area contributed by atoms with Gasteiger partial charge in [-0.05, 0) is 32.9 Å². The third-order valence-corrected chi connectivity index (χ3v) is 2.07. The first kappa shape index (κ1) is 11.9. The summed E-state index contributed by atoms with van der Waals surface area (Å²) >= 11 is 5.87. The molecule has 15 heavy (non-hydrogen) atoms. The molecular weight excluding hydrogens is 214 g/mol. The molecule has 1 aromatic carbocycles. The molecule has 0 aliphatic heterocycles. The number of hydrogen-bond acceptors (Lipinski definition) is 3. The third-order valence-electron chi connectivity index (χ3n) is 1.74. The van der Waals surface area contributed by atoms with Gasteiger partial charge < -0.3 is 4.84 Å². The highest BCUT2D eigenvalue weighted by Crippen LogP contribution is 2.22. The molecule has 1 N–H and O–H groups in total. The van der Waals surface area contributed by atoms with Crippen LogP contribution in [0.3, 0.4) is 0 Å². The molecule has 4 heteroatoms. The number of rotatable bonds is 2. The van der Waals surface area contributed by atoms with Crippen molar-refractivity contribution in [2.45, 2.75) is 20.8 Å². The fourth-order valence-corrected chi connectivity index (χ4v) is 0.973. The van der Waals surface area contributed by atoms with Crippen molar-refractivity contribution in [2.24, 2.45) is 5.41 Å². The maximum Gasteiger partial charge on any atom is 0.337 e. The highest BCUT2D eigenvalue weighted by molar-refractivity contribution is 6.33. The van der Waals surface area contributed by atoms with E-state index in [1.54, 1.807) is 45.0 Å². The molecule has 1 rings (SSSR count). The third kappa shape index (κ3) is 3.44. The predicted molar refractivity (Wildman–Crippen MR) is 60.6 cm³/mol. The van der Waals surface area contributed by atoms with E-state index in [4.69, 9.17) is 16.4 Å². The number of benzene rings is 1. The number of anilines is 1. The van der Waals surface area contributed by atoms with Gasteiger partial charge in [0, 0.05) is 0 Å². The molecule has 0 saturated carbocycles. The minimum atomic E-state index is -0.533.